The van der Waals surface area contributed by atoms with E-state index < -0.39 is 6.09 Å². The number of hydrogen-bond acceptors (Lipinski definition) is 3. The summed E-state index contributed by atoms with van der Waals surface area (Å²) < 4.78 is 5.16. The van der Waals surface area contributed by atoms with Crippen LogP contribution in [-0.4, -0.2) is 66.9 Å². The molecular formula is C11H22N2O3. The zero-order valence-corrected chi connectivity index (χ0v) is 10.3. The molecule has 16 heavy (non-hydrogen) atoms. The van der Waals surface area contributed by atoms with E-state index in [1.54, 1.807) is 7.11 Å². The summed E-state index contributed by atoms with van der Waals surface area (Å²) in [6.45, 7) is 7.90. The Bertz CT molecular complexity index is 233. The normalized spacial score (nSPS) is 22.8. The second-order valence-corrected chi connectivity index (χ2v) is 4.73. The molecule has 0 aliphatic carbocycles. The van der Waals surface area contributed by atoms with E-state index in [9.17, 15) is 4.79 Å². The number of ether oxygens (including phenoxy) is 1. The van der Waals surface area contributed by atoms with Gasteiger partial charge >= 0.3 is 6.09 Å². The first-order valence-corrected chi connectivity index (χ1v) is 5.75. The SMILES string of the molecule is COC[C@H]1CN(C(=O)O)CCN1CC(C)C. The minimum Gasteiger partial charge on any atom is -0.465 e. The van der Waals surface area contributed by atoms with Crippen molar-refractivity contribution in [2.24, 2.45) is 5.92 Å². The zero-order valence-electron chi connectivity index (χ0n) is 10.3. The predicted octanol–water partition coefficient (Wildman–Crippen LogP) is 0.953. The van der Waals surface area contributed by atoms with Gasteiger partial charge in [0.2, 0.25) is 0 Å². The number of piperazine rings is 1. The number of hydrogen-bond donors (Lipinski definition) is 1. The molecule has 0 saturated carbocycles. The van der Waals surface area contributed by atoms with Crippen molar-refractivity contribution in [3.63, 3.8) is 0 Å². The van der Waals surface area contributed by atoms with Gasteiger partial charge in [0.05, 0.1) is 12.6 Å². The zero-order chi connectivity index (χ0) is 12.1. The largest absolute Gasteiger partial charge is 0.465 e. The van der Waals surface area contributed by atoms with Crippen molar-refractivity contribution in [3.8, 4) is 0 Å². The minimum atomic E-state index is -0.828. The highest BCUT2D eigenvalue weighted by Crippen LogP contribution is 2.12. The van der Waals surface area contributed by atoms with Crippen LogP contribution >= 0.6 is 0 Å². The van der Waals surface area contributed by atoms with Gasteiger partial charge in [-0.3, -0.25) is 4.90 Å². The molecule has 1 rings (SSSR count). The number of nitrogens with zero attached hydrogens (tertiary/aromatic N) is 2. The number of amides is 1. The third-order valence-electron chi connectivity index (χ3n) is 2.83. The Kier molecular flexibility index (Phi) is 5.02. The maximum Gasteiger partial charge on any atom is 0.407 e. The highest BCUT2D eigenvalue weighted by molar-refractivity contribution is 5.65. The Labute approximate surface area is 97.0 Å². The third-order valence-corrected chi connectivity index (χ3v) is 2.83. The van der Waals surface area contributed by atoms with Crippen LogP contribution in [-0.2, 0) is 4.74 Å². The quantitative estimate of drug-likeness (QED) is 0.781. The first kappa shape index (κ1) is 13.3. The van der Waals surface area contributed by atoms with E-state index in [0.717, 1.165) is 13.1 Å². The summed E-state index contributed by atoms with van der Waals surface area (Å²) in [5.74, 6) is 0.593. The van der Waals surface area contributed by atoms with Gasteiger partial charge in [0, 0.05) is 33.3 Å². The lowest BCUT2D eigenvalue weighted by Crippen LogP contribution is -2.56. The van der Waals surface area contributed by atoms with Gasteiger partial charge in [-0.2, -0.15) is 0 Å². The molecule has 0 radical (unpaired) electrons. The van der Waals surface area contributed by atoms with Crippen molar-refractivity contribution in [2.45, 2.75) is 19.9 Å². The van der Waals surface area contributed by atoms with Gasteiger partial charge in [-0.25, -0.2) is 4.79 Å². The number of carbonyl (C=O) groups is 1. The molecule has 0 spiro atoms. The maximum atomic E-state index is 10.9. The number of rotatable bonds is 4. The summed E-state index contributed by atoms with van der Waals surface area (Å²) in [5, 5.41) is 8.96. The van der Waals surface area contributed by atoms with Gasteiger partial charge in [0.25, 0.3) is 0 Å². The fraction of sp³-hybridized carbons (Fsp3) is 0.909. The van der Waals surface area contributed by atoms with Crippen molar-refractivity contribution in [1.82, 2.24) is 9.80 Å². The Morgan fingerprint density at radius 1 is 1.50 bits per heavy atom. The standard InChI is InChI=1S/C11H22N2O3/c1-9(2)6-12-4-5-13(11(14)15)7-10(12)8-16-3/h9-10H,4-8H2,1-3H3,(H,14,15)/t10-/m1/s1. The van der Waals surface area contributed by atoms with Crippen LogP contribution in [0.1, 0.15) is 13.8 Å². The van der Waals surface area contributed by atoms with Crippen molar-refractivity contribution in [2.75, 3.05) is 39.9 Å². The van der Waals surface area contributed by atoms with E-state index in [-0.39, 0.29) is 6.04 Å². The average molecular weight is 230 g/mol. The Morgan fingerprint density at radius 2 is 2.19 bits per heavy atom. The molecule has 1 amide bonds. The van der Waals surface area contributed by atoms with Crippen LogP contribution in [0.5, 0.6) is 0 Å². The van der Waals surface area contributed by atoms with Crippen LogP contribution < -0.4 is 0 Å². The molecule has 0 unspecified atom stereocenters. The molecule has 5 heteroatoms. The van der Waals surface area contributed by atoms with Gasteiger partial charge in [-0.1, -0.05) is 13.8 Å². The molecular weight excluding hydrogens is 208 g/mol. The molecule has 1 fully saturated rings. The van der Waals surface area contributed by atoms with Crippen LogP contribution in [0.15, 0.2) is 0 Å². The minimum absolute atomic E-state index is 0.192. The Balaban J connectivity index is 2.55. The molecule has 1 heterocycles. The average Bonchev–Trinajstić information content (AvgIpc) is 2.20. The van der Waals surface area contributed by atoms with Gasteiger partial charge in [-0.05, 0) is 5.92 Å². The van der Waals surface area contributed by atoms with E-state index in [1.807, 2.05) is 0 Å². The summed E-state index contributed by atoms with van der Waals surface area (Å²) >= 11 is 0. The topological polar surface area (TPSA) is 53.0 Å². The van der Waals surface area contributed by atoms with E-state index >= 15 is 0 Å². The van der Waals surface area contributed by atoms with Crippen LogP contribution in [0, 0.1) is 5.92 Å². The fourth-order valence-electron chi connectivity index (χ4n) is 2.13. The van der Waals surface area contributed by atoms with Gasteiger partial charge in [0.1, 0.15) is 0 Å². The summed E-state index contributed by atoms with van der Waals surface area (Å²) in [6, 6.07) is 0.192. The molecule has 1 aliphatic rings. The van der Waals surface area contributed by atoms with E-state index in [0.29, 0.717) is 25.6 Å². The number of carboxylic acid groups (broad SMARTS) is 1. The van der Waals surface area contributed by atoms with Crippen molar-refractivity contribution < 1.29 is 14.6 Å². The van der Waals surface area contributed by atoms with Crippen LogP contribution in [0.4, 0.5) is 4.79 Å². The molecule has 1 atom stereocenters. The van der Waals surface area contributed by atoms with Crippen LogP contribution in [0.25, 0.3) is 0 Å². The van der Waals surface area contributed by atoms with Crippen LogP contribution in [0.2, 0.25) is 0 Å². The third kappa shape index (κ3) is 3.64. The summed E-state index contributed by atoms with van der Waals surface area (Å²) in [5.41, 5.74) is 0. The highest BCUT2D eigenvalue weighted by Gasteiger charge is 2.29. The van der Waals surface area contributed by atoms with Crippen molar-refractivity contribution in [3.05, 3.63) is 0 Å². The maximum absolute atomic E-state index is 10.9. The first-order chi connectivity index (χ1) is 7.54. The van der Waals surface area contributed by atoms with Crippen molar-refractivity contribution in [1.29, 1.82) is 0 Å². The summed E-state index contributed by atoms with van der Waals surface area (Å²) in [4.78, 5) is 14.7. The summed E-state index contributed by atoms with van der Waals surface area (Å²) in [6.07, 6.45) is -0.828. The lowest BCUT2D eigenvalue weighted by molar-refractivity contribution is 0.0223. The monoisotopic (exact) mass is 230 g/mol. The molecule has 0 aromatic carbocycles. The molecule has 94 valence electrons. The molecule has 0 bridgehead atoms. The molecule has 1 aliphatic heterocycles. The van der Waals surface area contributed by atoms with E-state index in [4.69, 9.17) is 9.84 Å². The molecule has 1 N–H and O–H groups in total. The van der Waals surface area contributed by atoms with E-state index in [1.165, 1.54) is 4.90 Å². The predicted molar refractivity (Wildman–Crippen MR) is 61.7 cm³/mol. The van der Waals surface area contributed by atoms with E-state index in [2.05, 4.69) is 18.7 Å². The molecule has 0 aromatic heterocycles. The smallest absolute Gasteiger partial charge is 0.407 e. The Hall–Kier alpha value is -0.810. The van der Waals surface area contributed by atoms with Gasteiger partial charge < -0.3 is 14.7 Å². The fourth-order valence-corrected chi connectivity index (χ4v) is 2.13. The Morgan fingerprint density at radius 3 is 2.69 bits per heavy atom. The lowest BCUT2D eigenvalue weighted by atomic mass is 10.1. The molecule has 0 aromatic rings. The van der Waals surface area contributed by atoms with Gasteiger partial charge in [-0.15, -0.1) is 0 Å². The molecule has 1 saturated heterocycles. The highest BCUT2D eigenvalue weighted by atomic mass is 16.5. The first-order valence-electron chi connectivity index (χ1n) is 5.75. The molecule has 5 nitrogen and oxygen atoms in total. The van der Waals surface area contributed by atoms with Gasteiger partial charge in [0.15, 0.2) is 0 Å². The second-order valence-electron chi connectivity index (χ2n) is 4.73. The lowest BCUT2D eigenvalue weighted by Gasteiger charge is -2.40. The summed E-state index contributed by atoms with van der Waals surface area (Å²) in [7, 11) is 1.66. The van der Waals surface area contributed by atoms with Crippen LogP contribution in [0.3, 0.4) is 0 Å². The second kappa shape index (κ2) is 6.06. The van der Waals surface area contributed by atoms with Crippen molar-refractivity contribution >= 4 is 6.09 Å². The number of methoxy groups -OCH3 is 1.